The molecule has 312 valence electrons. The topological polar surface area (TPSA) is 138 Å². The van der Waals surface area contributed by atoms with Crippen molar-refractivity contribution in [2.75, 3.05) is 36.8 Å². The number of amides is 2. The largest absolute Gasteiger partial charge is 0.478 e. The van der Waals surface area contributed by atoms with Gasteiger partial charge in [-0.3, -0.25) is 19.4 Å². The zero-order valence-corrected chi connectivity index (χ0v) is 35.4. The number of nitrogens with zero attached hydrogens (tertiary/aromatic N) is 6. The van der Waals surface area contributed by atoms with Crippen LogP contribution in [-0.4, -0.2) is 78.0 Å². The molecule has 60 heavy (non-hydrogen) atoms. The minimum Gasteiger partial charge on any atom is -0.478 e. The zero-order chi connectivity index (χ0) is 41.7. The van der Waals surface area contributed by atoms with Gasteiger partial charge >= 0.3 is 5.97 Å². The highest BCUT2D eigenvalue weighted by Gasteiger charge is 2.44. The Kier molecular flexibility index (Phi) is 10.9. The number of imidazole rings is 2. The van der Waals surface area contributed by atoms with Crippen LogP contribution in [0.25, 0.3) is 11.1 Å². The van der Waals surface area contributed by atoms with E-state index in [1.54, 1.807) is 18.2 Å². The molecule has 2 aliphatic heterocycles. The maximum Gasteiger partial charge on any atom is 0.335 e. The zero-order valence-electron chi connectivity index (χ0n) is 34.7. The number of benzene rings is 3. The smallest absolute Gasteiger partial charge is 0.335 e. The fourth-order valence-corrected chi connectivity index (χ4v) is 10.6. The van der Waals surface area contributed by atoms with Crippen molar-refractivity contribution in [1.29, 1.82) is 0 Å². The number of carboxylic acid groups (broad SMARTS) is 1. The molecule has 13 heteroatoms. The fraction of sp³-hybridized carbons (Fsp3) is 0.426. The molecule has 2 saturated carbocycles. The molecule has 2 aromatic heterocycles. The number of anilines is 2. The third-order valence-corrected chi connectivity index (χ3v) is 14.4. The van der Waals surface area contributed by atoms with Crippen LogP contribution >= 0.6 is 11.6 Å². The number of fused-ring (bicyclic) bond motifs is 4. The number of carbonyl (C=O) groups is 3. The summed E-state index contributed by atoms with van der Waals surface area (Å²) in [5, 5.41) is 15.7. The minimum absolute atomic E-state index is 0.249. The Morgan fingerprint density at radius 2 is 1.35 bits per heavy atom. The Morgan fingerprint density at radius 3 is 1.93 bits per heavy atom. The maximum atomic E-state index is 13.8. The van der Waals surface area contributed by atoms with Crippen molar-refractivity contribution in [3.05, 3.63) is 117 Å². The monoisotopic (exact) mass is 828 g/mol. The number of halogens is 1. The highest BCUT2D eigenvalue weighted by atomic mass is 35.5. The van der Waals surface area contributed by atoms with Crippen LogP contribution in [0.1, 0.15) is 104 Å². The molecule has 0 atom stereocenters. The van der Waals surface area contributed by atoms with E-state index in [1.807, 2.05) is 72.6 Å². The summed E-state index contributed by atoms with van der Waals surface area (Å²) in [5.74, 6) is 0.156. The van der Waals surface area contributed by atoms with E-state index in [2.05, 4.69) is 20.4 Å². The Morgan fingerprint density at radius 1 is 0.783 bits per heavy atom. The van der Waals surface area contributed by atoms with Crippen molar-refractivity contribution in [2.24, 2.45) is 25.4 Å². The van der Waals surface area contributed by atoms with Gasteiger partial charge in [-0.2, -0.15) is 0 Å². The molecule has 2 fully saturated rings. The summed E-state index contributed by atoms with van der Waals surface area (Å²) in [6.45, 7) is 7.08. The van der Waals surface area contributed by atoms with Gasteiger partial charge in [0.25, 0.3) is 11.8 Å². The first-order valence-corrected chi connectivity index (χ1v) is 21.7. The predicted molar refractivity (Wildman–Crippen MR) is 233 cm³/mol. The summed E-state index contributed by atoms with van der Waals surface area (Å²) in [6, 6.07) is 18.3. The molecule has 0 radical (unpaired) electrons. The first-order valence-electron chi connectivity index (χ1n) is 21.3. The quantitative estimate of drug-likeness (QED) is 0.115. The molecular formula is C47H53ClN8O4. The minimum atomic E-state index is -0.932. The Bertz CT molecular complexity index is 2480. The van der Waals surface area contributed by atoms with Gasteiger partial charge in [-0.25, -0.2) is 14.8 Å². The van der Waals surface area contributed by atoms with E-state index >= 15 is 0 Å². The molecule has 0 saturated heterocycles. The summed E-state index contributed by atoms with van der Waals surface area (Å²) in [4.78, 5) is 53.3. The standard InChI is InChI=1S/C47H53ClN8O4/c1-29-33(6-4-8-35(29)51-44(57)42-50-38-28-56(24-18-40(38)53(42)2)25-21-47-19-14-31(26-47)15-20-47)34-7-5-9-36(41(34)48)52-45(58)43-49-37-27-55(23-17-39(37)54(43)3)22-16-30-10-12-32(13-11-30)46(59)60/h4-13,31H,14-28H2,1-3H3,(H,51,57)(H,52,58)(H,59,60). The molecule has 2 bridgehead atoms. The number of carboxylic acids is 1. The lowest BCUT2D eigenvalue weighted by Gasteiger charge is -2.32. The molecule has 2 aliphatic carbocycles. The molecule has 3 aromatic carbocycles. The maximum absolute atomic E-state index is 13.8. The van der Waals surface area contributed by atoms with Gasteiger partial charge in [-0.05, 0) is 111 Å². The lowest BCUT2D eigenvalue weighted by atomic mass is 9.81. The van der Waals surface area contributed by atoms with Gasteiger partial charge in [0.05, 0.1) is 27.7 Å². The third kappa shape index (κ3) is 7.76. The Hall–Kier alpha value is -5.30. The highest BCUT2D eigenvalue weighted by molar-refractivity contribution is 6.36. The molecule has 12 nitrogen and oxygen atoms in total. The lowest BCUT2D eigenvalue weighted by Crippen LogP contribution is -2.34. The average Bonchev–Trinajstić information content (AvgIpc) is 4.03. The van der Waals surface area contributed by atoms with Crippen molar-refractivity contribution in [3.63, 3.8) is 0 Å². The van der Waals surface area contributed by atoms with Crippen molar-refractivity contribution in [1.82, 2.24) is 28.9 Å². The number of aromatic carboxylic acids is 1. The second-order valence-corrected chi connectivity index (χ2v) is 17.9. The molecule has 0 spiro atoms. The van der Waals surface area contributed by atoms with Gasteiger partial charge in [0.1, 0.15) is 0 Å². The number of carbonyl (C=O) groups excluding carboxylic acids is 2. The molecule has 4 aliphatic rings. The van der Waals surface area contributed by atoms with E-state index in [-0.39, 0.29) is 17.4 Å². The van der Waals surface area contributed by atoms with Crippen LogP contribution in [0.15, 0.2) is 60.7 Å². The number of hydrogen-bond donors (Lipinski definition) is 3. The first-order chi connectivity index (χ1) is 28.9. The van der Waals surface area contributed by atoms with Gasteiger partial charge in [-0.1, -0.05) is 48.0 Å². The van der Waals surface area contributed by atoms with E-state index in [9.17, 15) is 19.5 Å². The number of nitrogens with one attached hydrogen (secondary N) is 2. The predicted octanol–water partition coefficient (Wildman–Crippen LogP) is 7.91. The van der Waals surface area contributed by atoms with E-state index < -0.39 is 5.97 Å². The lowest BCUT2D eigenvalue weighted by molar-refractivity contribution is 0.0696. The van der Waals surface area contributed by atoms with Crippen LogP contribution in [0, 0.1) is 18.3 Å². The Balaban J connectivity index is 0.847. The first kappa shape index (κ1) is 40.1. The third-order valence-electron chi connectivity index (χ3n) is 14.0. The highest BCUT2D eigenvalue weighted by Crippen LogP contribution is 2.56. The summed E-state index contributed by atoms with van der Waals surface area (Å²) < 4.78 is 3.83. The fourth-order valence-electron chi connectivity index (χ4n) is 10.4. The molecular weight excluding hydrogens is 776 g/mol. The molecule has 3 N–H and O–H groups in total. The van der Waals surface area contributed by atoms with Crippen LogP contribution in [-0.2, 0) is 46.4 Å². The second-order valence-electron chi connectivity index (χ2n) is 17.5. The number of aromatic nitrogens is 4. The molecule has 9 rings (SSSR count). The van der Waals surface area contributed by atoms with Crippen LogP contribution in [0.5, 0.6) is 0 Å². The van der Waals surface area contributed by atoms with Gasteiger partial charge in [-0.15, -0.1) is 0 Å². The van der Waals surface area contributed by atoms with Crippen LogP contribution in [0.3, 0.4) is 0 Å². The summed E-state index contributed by atoms with van der Waals surface area (Å²) >= 11 is 7.06. The summed E-state index contributed by atoms with van der Waals surface area (Å²) in [5.41, 5.74) is 9.51. The van der Waals surface area contributed by atoms with Crippen LogP contribution in [0.4, 0.5) is 11.4 Å². The number of rotatable bonds is 12. The van der Waals surface area contributed by atoms with Crippen LogP contribution < -0.4 is 10.6 Å². The number of hydrogen-bond acceptors (Lipinski definition) is 7. The van der Waals surface area contributed by atoms with Gasteiger partial charge in [0.15, 0.2) is 11.6 Å². The van der Waals surface area contributed by atoms with Gasteiger partial charge < -0.3 is 24.9 Å². The van der Waals surface area contributed by atoms with Crippen molar-refractivity contribution in [3.8, 4) is 11.1 Å². The molecule has 5 aromatic rings. The Labute approximate surface area is 356 Å². The van der Waals surface area contributed by atoms with E-state index in [0.717, 1.165) is 103 Å². The molecule has 4 heterocycles. The second kappa shape index (κ2) is 16.3. The average molecular weight is 829 g/mol. The normalized spacial score (nSPS) is 19.9. The van der Waals surface area contributed by atoms with E-state index in [1.165, 1.54) is 38.5 Å². The SMILES string of the molecule is Cc1c(NC(=O)c2nc3c(n2C)CCN(CCC24CCC(CC2)C4)C3)cccc1-c1cccc(NC(=O)c2nc3c(n2C)CCN(CCc2ccc(C(=O)O)cc2)C3)c1Cl. The van der Waals surface area contributed by atoms with Gasteiger partial charge in [0.2, 0.25) is 0 Å². The molecule has 0 unspecified atom stereocenters. The summed E-state index contributed by atoms with van der Waals surface area (Å²) in [7, 11) is 3.82. The molecule has 2 amide bonds. The van der Waals surface area contributed by atoms with Gasteiger partial charge in [0, 0.05) is 82.3 Å². The van der Waals surface area contributed by atoms with Crippen molar-refractivity contribution >= 4 is 40.8 Å². The van der Waals surface area contributed by atoms with E-state index in [0.29, 0.717) is 40.0 Å². The van der Waals surface area contributed by atoms with Crippen LogP contribution in [0.2, 0.25) is 5.02 Å². The van der Waals surface area contributed by atoms with E-state index in [4.69, 9.17) is 21.6 Å². The van der Waals surface area contributed by atoms with Crippen molar-refractivity contribution < 1.29 is 19.5 Å². The summed E-state index contributed by atoms with van der Waals surface area (Å²) in [6.07, 6.45) is 10.7. The van der Waals surface area contributed by atoms with Crippen molar-refractivity contribution in [2.45, 2.75) is 77.8 Å².